The minimum Gasteiger partial charge on any atom is -0.456 e. The Balaban J connectivity index is 1.38. The summed E-state index contributed by atoms with van der Waals surface area (Å²) in [5.74, 6) is -1.22. The first-order valence-corrected chi connectivity index (χ1v) is 19.7. The number of ether oxygens (including phenoxy) is 6. The first kappa shape index (κ1) is 41.0. The highest BCUT2D eigenvalue weighted by Crippen LogP contribution is 2.46. The highest BCUT2D eigenvalue weighted by Gasteiger charge is 2.55. The Bertz CT molecular complexity index is 2040. The first-order chi connectivity index (χ1) is 28.9. The lowest BCUT2D eigenvalue weighted by Gasteiger charge is -2.49. The molecule has 0 saturated carbocycles. The summed E-state index contributed by atoms with van der Waals surface area (Å²) in [5.41, 5.74) is 2.57. The molecule has 8 heteroatoms. The largest absolute Gasteiger partial charge is 0.456 e. The van der Waals surface area contributed by atoms with Gasteiger partial charge in [-0.15, -0.1) is 6.58 Å². The molecule has 1 aliphatic rings. The second-order valence-corrected chi connectivity index (χ2v) is 14.3. The van der Waals surface area contributed by atoms with E-state index < -0.39 is 53.8 Å². The molecular weight excluding hydrogens is 741 g/mol. The van der Waals surface area contributed by atoms with Crippen molar-refractivity contribution in [3.8, 4) is 0 Å². The topological polar surface area (TPSA) is 89.5 Å². The van der Waals surface area contributed by atoms with Crippen LogP contribution in [-0.2, 0) is 49.2 Å². The van der Waals surface area contributed by atoms with Crippen molar-refractivity contribution in [3.63, 3.8) is 0 Å². The smallest absolute Gasteiger partial charge is 0.303 e. The summed E-state index contributed by atoms with van der Waals surface area (Å²) in [5, 5.41) is 0. The molecule has 0 radical (unpaired) electrons. The molecule has 0 amide bonds. The number of carbonyl (C=O) groups is 2. The maximum atomic E-state index is 13.2. The summed E-state index contributed by atoms with van der Waals surface area (Å²) in [4.78, 5) is 26.3. The second kappa shape index (κ2) is 19.1. The third-order valence-corrected chi connectivity index (χ3v) is 10.4. The molecular formula is C51H48O8. The third-order valence-electron chi connectivity index (χ3n) is 10.4. The summed E-state index contributed by atoms with van der Waals surface area (Å²) >= 11 is 0. The lowest BCUT2D eigenvalue weighted by molar-refractivity contribution is -0.325. The van der Waals surface area contributed by atoms with Crippen LogP contribution in [0.4, 0.5) is 0 Å². The number of carbonyl (C=O) groups excluding carboxylic acids is 2. The minimum absolute atomic E-state index is 0.0696. The standard InChI is InChI=1S/C51H48O8/c1-4-35-54-49-48(59-51(42-29-17-8-18-30-42,43-31-19-9-20-32-43)44-33-21-10-22-34-44)47(57-38(3)53)46(56-37(2)52)45(58-49)36-55-50(39-23-11-5-12-24-39,40-25-13-6-14-26-40)41-27-15-7-16-28-41/h4-34,45-49H,1,35-36H2,2-3H3/t45-,46-,47+,48+,49+/m1/s1. The van der Waals surface area contributed by atoms with E-state index in [1.54, 1.807) is 6.08 Å². The predicted molar refractivity (Wildman–Crippen MR) is 225 cm³/mol. The molecule has 7 rings (SSSR count). The first-order valence-electron chi connectivity index (χ1n) is 19.7. The number of benzene rings is 6. The maximum absolute atomic E-state index is 13.2. The maximum Gasteiger partial charge on any atom is 0.303 e. The van der Waals surface area contributed by atoms with Gasteiger partial charge in [-0.2, -0.15) is 0 Å². The summed E-state index contributed by atoms with van der Waals surface area (Å²) < 4.78 is 40.4. The normalized spacial score (nSPS) is 19.3. The van der Waals surface area contributed by atoms with Crippen LogP contribution in [0.5, 0.6) is 0 Å². The van der Waals surface area contributed by atoms with Gasteiger partial charge in [-0.3, -0.25) is 9.59 Å². The van der Waals surface area contributed by atoms with Crippen LogP contribution in [0.25, 0.3) is 0 Å². The molecule has 1 heterocycles. The fourth-order valence-corrected chi connectivity index (χ4v) is 8.00. The van der Waals surface area contributed by atoms with Crippen LogP contribution < -0.4 is 0 Å². The van der Waals surface area contributed by atoms with Crippen molar-refractivity contribution in [2.75, 3.05) is 13.2 Å². The number of hydrogen-bond donors (Lipinski definition) is 0. The Hall–Kier alpha value is -6.16. The van der Waals surface area contributed by atoms with Gasteiger partial charge in [0.25, 0.3) is 0 Å². The monoisotopic (exact) mass is 788 g/mol. The number of rotatable bonds is 16. The minimum atomic E-state index is -1.29. The van der Waals surface area contributed by atoms with E-state index in [9.17, 15) is 9.59 Å². The van der Waals surface area contributed by atoms with Gasteiger partial charge >= 0.3 is 11.9 Å². The lowest BCUT2D eigenvalue weighted by Crippen LogP contribution is -2.64. The summed E-state index contributed by atoms with van der Waals surface area (Å²) in [7, 11) is 0. The fourth-order valence-electron chi connectivity index (χ4n) is 8.00. The van der Waals surface area contributed by atoms with Gasteiger partial charge in [-0.05, 0) is 33.4 Å². The number of esters is 2. The highest BCUT2D eigenvalue weighted by atomic mass is 16.7. The van der Waals surface area contributed by atoms with E-state index in [0.29, 0.717) is 0 Å². The summed E-state index contributed by atoms with van der Waals surface area (Å²) in [6.07, 6.45) is -4.19. The zero-order chi connectivity index (χ0) is 41.1. The van der Waals surface area contributed by atoms with E-state index in [1.807, 2.05) is 182 Å². The quantitative estimate of drug-likeness (QED) is 0.0545. The van der Waals surface area contributed by atoms with Crippen LogP contribution in [0.1, 0.15) is 47.2 Å². The molecule has 1 fully saturated rings. The van der Waals surface area contributed by atoms with Crippen LogP contribution >= 0.6 is 0 Å². The van der Waals surface area contributed by atoms with Crippen LogP contribution in [0.15, 0.2) is 195 Å². The zero-order valence-electron chi connectivity index (χ0n) is 33.2. The SMILES string of the molecule is C=CCO[C@H]1O[C@H](COC(c2ccccc2)(c2ccccc2)c2ccccc2)[C@@H](OC(C)=O)[C@H](OC(C)=O)[C@@H]1OC(c1ccccc1)(c1ccccc1)c1ccccc1. The molecule has 8 nitrogen and oxygen atoms in total. The molecule has 59 heavy (non-hydrogen) atoms. The molecule has 0 spiro atoms. The third kappa shape index (κ3) is 8.82. The van der Waals surface area contributed by atoms with Gasteiger partial charge in [0.15, 0.2) is 24.6 Å². The van der Waals surface area contributed by atoms with E-state index >= 15 is 0 Å². The number of hydrogen-bond acceptors (Lipinski definition) is 8. The van der Waals surface area contributed by atoms with Crippen molar-refractivity contribution in [2.24, 2.45) is 0 Å². The van der Waals surface area contributed by atoms with Crippen LogP contribution in [0.2, 0.25) is 0 Å². The predicted octanol–water partition coefficient (Wildman–Crippen LogP) is 9.16. The van der Waals surface area contributed by atoms with Gasteiger partial charge in [-0.25, -0.2) is 0 Å². The van der Waals surface area contributed by atoms with Crippen molar-refractivity contribution < 1.29 is 38.0 Å². The lowest BCUT2D eigenvalue weighted by atomic mass is 9.79. The van der Waals surface area contributed by atoms with E-state index in [2.05, 4.69) is 6.58 Å². The van der Waals surface area contributed by atoms with Crippen molar-refractivity contribution in [3.05, 3.63) is 228 Å². The molecule has 0 aliphatic carbocycles. The van der Waals surface area contributed by atoms with E-state index in [-0.39, 0.29) is 13.2 Å². The molecule has 300 valence electrons. The van der Waals surface area contributed by atoms with E-state index in [4.69, 9.17) is 28.4 Å². The molecule has 0 aromatic heterocycles. The molecule has 6 aromatic carbocycles. The summed E-state index contributed by atoms with van der Waals surface area (Å²) in [6.45, 7) is 6.46. The Labute approximate surface area is 345 Å². The molecule has 0 unspecified atom stereocenters. The Morgan fingerprint density at radius 1 is 0.525 bits per heavy atom. The van der Waals surface area contributed by atoms with E-state index in [0.717, 1.165) is 33.4 Å². The second-order valence-electron chi connectivity index (χ2n) is 14.3. The molecule has 1 aliphatic heterocycles. The molecule has 6 aromatic rings. The zero-order valence-corrected chi connectivity index (χ0v) is 33.2. The average molecular weight is 789 g/mol. The fraction of sp³-hybridized carbons (Fsp3) is 0.216. The van der Waals surface area contributed by atoms with Gasteiger partial charge in [0.1, 0.15) is 17.3 Å². The van der Waals surface area contributed by atoms with Gasteiger partial charge in [0.2, 0.25) is 0 Å². The van der Waals surface area contributed by atoms with Crippen LogP contribution in [0, 0.1) is 0 Å². The molecule has 5 atom stereocenters. The Morgan fingerprint density at radius 3 is 1.20 bits per heavy atom. The van der Waals surface area contributed by atoms with Gasteiger partial charge in [0, 0.05) is 13.8 Å². The molecule has 0 bridgehead atoms. The van der Waals surface area contributed by atoms with Crippen molar-refractivity contribution in [1.82, 2.24) is 0 Å². The summed E-state index contributed by atoms with van der Waals surface area (Å²) in [6, 6.07) is 59.2. The molecule has 0 N–H and O–H groups in total. The Kier molecular flexibility index (Phi) is 13.3. The highest BCUT2D eigenvalue weighted by molar-refractivity contribution is 5.67. The van der Waals surface area contributed by atoms with E-state index in [1.165, 1.54) is 13.8 Å². The van der Waals surface area contributed by atoms with Crippen molar-refractivity contribution in [1.29, 1.82) is 0 Å². The average Bonchev–Trinajstić information content (AvgIpc) is 3.28. The van der Waals surface area contributed by atoms with Gasteiger partial charge in [0.05, 0.1) is 13.2 Å². The van der Waals surface area contributed by atoms with Gasteiger partial charge < -0.3 is 28.4 Å². The van der Waals surface area contributed by atoms with Crippen molar-refractivity contribution in [2.45, 2.75) is 55.8 Å². The Morgan fingerprint density at radius 2 is 0.864 bits per heavy atom. The van der Waals surface area contributed by atoms with Crippen molar-refractivity contribution >= 4 is 11.9 Å². The molecule has 1 saturated heterocycles. The van der Waals surface area contributed by atoms with Crippen LogP contribution in [0.3, 0.4) is 0 Å². The van der Waals surface area contributed by atoms with Crippen LogP contribution in [-0.4, -0.2) is 55.9 Å². The van der Waals surface area contributed by atoms with Gasteiger partial charge in [-0.1, -0.05) is 188 Å².